The molecule has 1 heterocycles. The summed E-state index contributed by atoms with van der Waals surface area (Å²) in [6.45, 7) is 8.77. The van der Waals surface area contributed by atoms with Gasteiger partial charge in [0, 0.05) is 19.3 Å². The van der Waals surface area contributed by atoms with Crippen LogP contribution in [0, 0.1) is 0 Å². The van der Waals surface area contributed by atoms with E-state index >= 15 is 0 Å². The van der Waals surface area contributed by atoms with Crippen molar-refractivity contribution in [1.29, 1.82) is 0 Å². The minimum absolute atomic E-state index is 0.508. The predicted molar refractivity (Wildman–Crippen MR) is 53.3 cm³/mol. The van der Waals surface area contributed by atoms with E-state index in [0.717, 1.165) is 0 Å². The third kappa shape index (κ3) is 3.64. The second-order valence-corrected chi connectivity index (χ2v) is 1.93. The number of rotatable bonds is 2. The maximum Gasteiger partial charge on any atom is 0.205 e. The van der Waals surface area contributed by atoms with E-state index in [0.29, 0.717) is 5.82 Å². The number of halogens is 1. The highest BCUT2D eigenvalue weighted by molar-refractivity contribution is 5.71. The summed E-state index contributed by atoms with van der Waals surface area (Å²) in [6.07, 6.45) is 4.59. The Labute approximate surface area is 77.6 Å². The van der Waals surface area contributed by atoms with Crippen LogP contribution in [0.1, 0.15) is 26.6 Å². The summed E-state index contributed by atoms with van der Waals surface area (Å²) in [6, 6.07) is 0. The van der Waals surface area contributed by atoms with E-state index in [1.807, 2.05) is 13.8 Å². The summed E-state index contributed by atoms with van der Waals surface area (Å²) in [5.41, 5.74) is 0. The second kappa shape index (κ2) is 6.11. The molecule has 1 rings (SSSR count). The van der Waals surface area contributed by atoms with Gasteiger partial charge in [-0.3, -0.25) is 0 Å². The smallest absolute Gasteiger partial charge is 0.205 e. The van der Waals surface area contributed by atoms with Crippen molar-refractivity contribution in [3.8, 4) is 0 Å². The Morgan fingerprint density at radius 1 is 1.69 bits per heavy atom. The molecule has 0 atom stereocenters. The average molecular weight is 183 g/mol. The maximum atomic E-state index is 12.2. The van der Waals surface area contributed by atoms with Crippen LogP contribution in [-0.4, -0.2) is 15.6 Å². The van der Waals surface area contributed by atoms with Gasteiger partial charge >= 0.3 is 0 Å². The van der Waals surface area contributed by atoms with Gasteiger partial charge in [-0.15, -0.1) is 5.10 Å². The first-order valence-corrected chi connectivity index (χ1v) is 4.11. The normalized spacial score (nSPS) is 10.3. The Bertz CT molecular complexity index is 285. The molecule has 0 aliphatic rings. The third-order valence-electron chi connectivity index (χ3n) is 1.08. The summed E-state index contributed by atoms with van der Waals surface area (Å²) >= 11 is 0. The van der Waals surface area contributed by atoms with Crippen LogP contribution >= 0.6 is 0 Å². The summed E-state index contributed by atoms with van der Waals surface area (Å²) in [5, 5.41) is 3.52. The van der Waals surface area contributed by atoms with Crippen molar-refractivity contribution in [2.24, 2.45) is 5.10 Å². The zero-order chi connectivity index (χ0) is 10.3. The van der Waals surface area contributed by atoms with Crippen molar-refractivity contribution in [2.75, 3.05) is 0 Å². The van der Waals surface area contributed by atoms with Gasteiger partial charge in [-0.1, -0.05) is 20.4 Å². The van der Waals surface area contributed by atoms with Crippen molar-refractivity contribution in [1.82, 2.24) is 9.66 Å². The maximum absolute atomic E-state index is 12.2. The van der Waals surface area contributed by atoms with Crippen molar-refractivity contribution in [3.05, 3.63) is 24.8 Å². The molecule has 0 saturated carbocycles. The van der Waals surface area contributed by atoms with E-state index in [1.54, 1.807) is 6.20 Å². The Morgan fingerprint density at radius 2 is 2.31 bits per heavy atom. The van der Waals surface area contributed by atoms with Crippen LogP contribution in [0.15, 0.2) is 24.1 Å². The highest BCUT2D eigenvalue weighted by atomic mass is 19.1. The topological polar surface area (TPSA) is 30.2 Å². The molecular formula is C9H14FN3. The van der Waals surface area contributed by atoms with Crippen LogP contribution in [0.25, 0.3) is 6.08 Å². The lowest BCUT2D eigenvalue weighted by atomic mass is 10.6. The molecule has 1 aromatic rings. The van der Waals surface area contributed by atoms with E-state index in [2.05, 4.69) is 16.7 Å². The highest BCUT2D eigenvalue weighted by Gasteiger charge is 1.95. The summed E-state index contributed by atoms with van der Waals surface area (Å²) < 4.78 is 13.6. The largest absolute Gasteiger partial charge is 0.236 e. The molecule has 0 spiro atoms. The summed E-state index contributed by atoms with van der Waals surface area (Å²) in [7, 11) is 0. The lowest BCUT2D eigenvalue weighted by Crippen LogP contribution is -1.93. The number of hydrogen-bond donors (Lipinski definition) is 0. The fourth-order valence-electron chi connectivity index (χ4n) is 0.688. The van der Waals surface area contributed by atoms with Crippen molar-refractivity contribution < 1.29 is 4.39 Å². The number of imidazole rings is 1. The van der Waals surface area contributed by atoms with Crippen LogP contribution in [0.5, 0.6) is 0 Å². The average Bonchev–Trinajstić information content (AvgIpc) is 2.54. The summed E-state index contributed by atoms with van der Waals surface area (Å²) in [4.78, 5) is 3.86. The van der Waals surface area contributed by atoms with Gasteiger partial charge in [0.2, 0.25) is 5.97 Å². The Kier molecular flexibility index (Phi) is 5.43. The van der Waals surface area contributed by atoms with Crippen LogP contribution in [0.3, 0.4) is 0 Å². The lowest BCUT2D eigenvalue weighted by Gasteiger charge is -1.93. The number of nitrogens with zero attached hydrogens (tertiary/aromatic N) is 3. The zero-order valence-corrected chi connectivity index (χ0v) is 8.16. The molecule has 0 unspecified atom stereocenters. The van der Waals surface area contributed by atoms with E-state index in [4.69, 9.17) is 0 Å². The van der Waals surface area contributed by atoms with E-state index in [-0.39, 0.29) is 0 Å². The Morgan fingerprint density at radius 3 is 2.77 bits per heavy atom. The molecular weight excluding hydrogens is 169 g/mol. The van der Waals surface area contributed by atoms with Gasteiger partial charge in [0.15, 0.2) is 5.82 Å². The van der Waals surface area contributed by atoms with E-state index in [9.17, 15) is 4.39 Å². The van der Waals surface area contributed by atoms with Crippen LogP contribution in [0.4, 0.5) is 4.39 Å². The predicted octanol–water partition coefficient (Wildman–Crippen LogP) is 2.70. The Hall–Kier alpha value is -1.45. The van der Waals surface area contributed by atoms with Gasteiger partial charge < -0.3 is 0 Å². The highest BCUT2D eigenvalue weighted by Crippen LogP contribution is 1.98. The number of aromatic nitrogens is 2. The first-order valence-electron chi connectivity index (χ1n) is 4.11. The molecule has 4 heteroatoms. The SMILES string of the molecule is C=Cc1nccn1/N=C(\C)F.CC. The Balaban J connectivity index is 0.000000671. The molecule has 0 amide bonds. The van der Waals surface area contributed by atoms with Crippen molar-refractivity contribution in [3.63, 3.8) is 0 Å². The molecule has 72 valence electrons. The van der Waals surface area contributed by atoms with Gasteiger partial charge in [-0.05, 0) is 6.08 Å². The molecule has 13 heavy (non-hydrogen) atoms. The number of hydrogen-bond acceptors (Lipinski definition) is 2. The molecule has 0 N–H and O–H groups in total. The second-order valence-electron chi connectivity index (χ2n) is 1.93. The minimum Gasteiger partial charge on any atom is -0.236 e. The molecule has 0 aromatic carbocycles. The van der Waals surface area contributed by atoms with E-state index in [1.165, 1.54) is 23.9 Å². The molecule has 0 bridgehead atoms. The van der Waals surface area contributed by atoms with Crippen molar-refractivity contribution >= 4 is 12.0 Å². The van der Waals surface area contributed by atoms with Crippen LogP contribution in [-0.2, 0) is 0 Å². The lowest BCUT2D eigenvalue weighted by molar-refractivity contribution is 0.745. The van der Waals surface area contributed by atoms with Crippen LogP contribution < -0.4 is 0 Å². The van der Waals surface area contributed by atoms with Gasteiger partial charge in [0.05, 0.1) is 0 Å². The van der Waals surface area contributed by atoms with Gasteiger partial charge in [-0.25, -0.2) is 9.66 Å². The zero-order valence-electron chi connectivity index (χ0n) is 8.16. The van der Waals surface area contributed by atoms with Gasteiger partial charge in [-0.2, -0.15) is 4.39 Å². The monoisotopic (exact) mass is 183 g/mol. The molecule has 0 saturated heterocycles. The minimum atomic E-state index is -0.508. The first kappa shape index (κ1) is 11.6. The fourth-order valence-corrected chi connectivity index (χ4v) is 0.688. The first-order chi connectivity index (χ1) is 6.24. The van der Waals surface area contributed by atoms with Crippen molar-refractivity contribution in [2.45, 2.75) is 20.8 Å². The molecule has 1 aromatic heterocycles. The summed E-state index contributed by atoms with van der Waals surface area (Å²) in [5.74, 6) is 0.0214. The van der Waals surface area contributed by atoms with E-state index < -0.39 is 5.97 Å². The molecule has 0 radical (unpaired) electrons. The molecule has 3 nitrogen and oxygen atoms in total. The fraction of sp³-hybridized carbons (Fsp3) is 0.333. The van der Waals surface area contributed by atoms with Gasteiger partial charge in [0.1, 0.15) is 0 Å². The quantitative estimate of drug-likeness (QED) is 0.648. The molecule has 0 aliphatic heterocycles. The molecule has 0 aliphatic carbocycles. The standard InChI is InChI=1S/C7H8FN3.C2H6/c1-3-7-9-4-5-11(7)10-6(2)8;1-2/h3-5H,1H2,2H3;1-2H3/b10-6+;. The van der Waals surface area contributed by atoms with Crippen LogP contribution in [0.2, 0.25) is 0 Å². The third-order valence-corrected chi connectivity index (χ3v) is 1.08. The van der Waals surface area contributed by atoms with Gasteiger partial charge in [0.25, 0.3) is 0 Å². The molecule has 0 fully saturated rings.